The zero-order valence-corrected chi connectivity index (χ0v) is 13.8. The van der Waals surface area contributed by atoms with E-state index in [1.807, 2.05) is 36.4 Å². The van der Waals surface area contributed by atoms with E-state index in [0.717, 1.165) is 36.2 Å². The van der Waals surface area contributed by atoms with Gasteiger partial charge in [0.25, 0.3) is 0 Å². The summed E-state index contributed by atoms with van der Waals surface area (Å²) in [4.78, 5) is 7.96. The smallest absolute Gasteiger partial charge is 0.139 e. The van der Waals surface area contributed by atoms with Crippen molar-refractivity contribution < 1.29 is 4.74 Å². The standard InChI is InChI=1S/C14H10BrIN2O/c1-19-13-7-10(16)8(6-9(13)15)14-17-11-4-2-3-5-12(11)18-14/h2-7H,1H3,(H,17,18). The minimum Gasteiger partial charge on any atom is -0.496 e. The lowest BCUT2D eigenvalue weighted by atomic mass is 10.2. The second-order valence-corrected chi connectivity index (χ2v) is 6.09. The molecule has 0 radical (unpaired) electrons. The minimum atomic E-state index is 0.823. The predicted molar refractivity (Wildman–Crippen MR) is 88.5 cm³/mol. The summed E-state index contributed by atoms with van der Waals surface area (Å²) in [5.74, 6) is 1.69. The van der Waals surface area contributed by atoms with Gasteiger partial charge in [-0.15, -0.1) is 0 Å². The van der Waals surface area contributed by atoms with Crippen LogP contribution in [-0.2, 0) is 0 Å². The first kappa shape index (κ1) is 12.9. The first-order chi connectivity index (χ1) is 9.19. The summed E-state index contributed by atoms with van der Waals surface area (Å²) in [6, 6.07) is 12.0. The summed E-state index contributed by atoms with van der Waals surface area (Å²) in [6.07, 6.45) is 0. The third-order valence-corrected chi connectivity index (χ3v) is 4.40. The summed E-state index contributed by atoms with van der Waals surface area (Å²) in [5, 5.41) is 0. The van der Waals surface area contributed by atoms with Crippen LogP contribution in [0.15, 0.2) is 40.9 Å². The summed E-state index contributed by atoms with van der Waals surface area (Å²) in [7, 11) is 1.66. The molecule has 0 aliphatic carbocycles. The Labute approximate surface area is 132 Å². The monoisotopic (exact) mass is 428 g/mol. The second-order valence-electron chi connectivity index (χ2n) is 4.07. The third kappa shape index (κ3) is 2.36. The normalized spacial score (nSPS) is 10.9. The van der Waals surface area contributed by atoms with Crippen LogP contribution < -0.4 is 4.74 Å². The summed E-state index contributed by atoms with van der Waals surface area (Å²) in [5.41, 5.74) is 3.07. The van der Waals surface area contributed by atoms with Crippen molar-refractivity contribution in [2.45, 2.75) is 0 Å². The number of hydrogen-bond acceptors (Lipinski definition) is 2. The molecule has 5 heteroatoms. The number of fused-ring (bicyclic) bond motifs is 1. The van der Waals surface area contributed by atoms with Crippen LogP contribution >= 0.6 is 38.5 Å². The molecule has 19 heavy (non-hydrogen) atoms. The zero-order chi connectivity index (χ0) is 13.4. The summed E-state index contributed by atoms with van der Waals surface area (Å²) < 4.78 is 7.31. The Bertz CT molecular complexity index is 721. The van der Waals surface area contributed by atoms with E-state index < -0.39 is 0 Å². The first-order valence-corrected chi connectivity index (χ1v) is 7.54. The van der Waals surface area contributed by atoms with Crippen LogP contribution in [0.5, 0.6) is 5.75 Å². The van der Waals surface area contributed by atoms with Gasteiger partial charge in [0.1, 0.15) is 11.6 Å². The van der Waals surface area contributed by atoms with Gasteiger partial charge in [0, 0.05) is 9.13 Å². The SMILES string of the molecule is COc1cc(I)c(-c2nc3ccccc3[nH]2)cc1Br. The van der Waals surface area contributed by atoms with Crippen LogP contribution in [0, 0.1) is 3.57 Å². The number of methoxy groups -OCH3 is 1. The average Bonchev–Trinajstić information content (AvgIpc) is 2.84. The number of rotatable bonds is 2. The van der Waals surface area contributed by atoms with E-state index in [0.29, 0.717) is 0 Å². The molecule has 0 aliphatic rings. The van der Waals surface area contributed by atoms with Crippen molar-refractivity contribution in [2.75, 3.05) is 7.11 Å². The van der Waals surface area contributed by atoms with Crippen LogP contribution in [0.4, 0.5) is 0 Å². The number of ether oxygens (including phenoxy) is 1. The highest BCUT2D eigenvalue weighted by Gasteiger charge is 2.12. The van der Waals surface area contributed by atoms with Crippen molar-refractivity contribution in [1.29, 1.82) is 0 Å². The fourth-order valence-electron chi connectivity index (χ4n) is 1.95. The van der Waals surface area contributed by atoms with Crippen molar-refractivity contribution in [3.63, 3.8) is 0 Å². The predicted octanol–water partition coefficient (Wildman–Crippen LogP) is 4.61. The molecule has 0 saturated heterocycles. The molecule has 0 atom stereocenters. The van der Waals surface area contributed by atoms with Crippen LogP contribution in [0.3, 0.4) is 0 Å². The Balaban J connectivity index is 2.18. The molecule has 3 aromatic rings. The number of aromatic nitrogens is 2. The maximum absolute atomic E-state index is 5.29. The van der Waals surface area contributed by atoms with Crippen molar-refractivity contribution in [3.8, 4) is 17.1 Å². The fourth-order valence-corrected chi connectivity index (χ4v) is 3.15. The number of nitrogens with one attached hydrogen (secondary N) is 1. The molecular weight excluding hydrogens is 419 g/mol. The lowest BCUT2D eigenvalue weighted by molar-refractivity contribution is 0.412. The van der Waals surface area contributed by atoms with Crippen molar-refractivity contribution in [3.05, 3.63) is 44.4 Å². The average molecular weight is 429 g/mol. The van der Waals surface area contributed by atoms with E-state index >= 15 is 0 Å². The fraction of sp³-hybridized carbons (Fsp3) is 0.0714. The van der Waals surface area contributed by atoms with Crippen LogP contribution in [0.1, 0.15) is 0 Å². The number of nitrogens with zero attached hydrogens (tertiary/aromatic N) is 1. The Morgan fingerprint density at radius 1 is 1.26 bits per heavy atom. The number of hydrogen-bond donors (Lipinski definition) is 1. The number of benzene rings is 2. The molecule has 0 bridgehead atoms. The van der Waals surface area contributed by atoms with Gasteiger partial charge in [0.05, 0.1) is 22.6 Å². The number of aromatic amines is 1. The molecule has 2 aromatic carbocycles. The van der Waals surface area contributed by atoms with Crippen molar-refractivity contribution in [2.24, 2.45) is 0 Å². The zero-order valence-electron chi connectivity index (χ0n) is 10.1. The molecule has 0 saturated carbocycles. The molecule has 0 unspecified atom stereocenters. The van der Waals surface area contributed by atoms with E-state index in [1.165, 1.54) is 0 Å². The molecule has 3 nitrogen and oxygen atoms in total. The van der Waals surface area contributed by atoms with Gasteiger partial charge in [-0.25, -0.2) is 4.98 Å². The van der Waals surface area contributed by atoms with Crippen LogP contribution in [0.25, 0.3) is 22.4 Å². The van der Waals surface area contributed by atoms with Gasteiger partial charge in [0.2, 0.25) is 0 Å². The molecular formula is C14H10BrIN2O. The molecule has 1 heterocycles. The van der Waals surface area contributed by atoms with Gasteiger partial charge < -0.3 is 9.72 Å². The van der Waals surface area contributed by atoms with Crippen molar-refractivity contribution >= 4 is 49.6 Å². The van der Waals surface area contributed by atoms with E-state index in [-0.39, 0.29) is 0 Å². The number of H-pyrrole nitrogens is 1. The number of para-hydroxylation sites is 2. The quantitative estimate of drug-likeness (QED) is 0.605. The largest absolute Gasteiger partial charge is 0.496 e. The Morgan fingerprint density at radius 3 is 2.79 bits per heavy atom. The van der Waals surface area contributed by atoms with E-state index in [2.05, 4.69) is 48.5 Å². The maximum Gasteiger partial charge on any atom is 0.139 e. The van der Waals surface area contributed by atoms with Gasteiger partial charge in [0.15, 0.2) is 0 Å². The second kappa shape index (κ2) is 5.13. The molecule has 1 aromatic heterocycles. The number of halogens is 2. The highest BCUT2D eigenvalue weighted by atomic mass is 127. The van der Waals surface area contributed by atoms with Gasteiger partial charge >= 0.3 is 0 Å². The highest BCUT2D eigenvalue weighted by Crippen LogP contribution is 2.34. The van der Waals surface area contributed by atoms with Crippen molar-refractivity contribution in [1.82, 2.24) is 9.97 Å². The van der Waals surface area contributed by atoms with Gasteiger partial charge in [-0.05, 0) is 62.8 Å². The lowest BCUT2D eigenvalue weighted by Crippen LogP contribution is -1.90. The third-order valence-electron chi connectivity index (χ3n) is 2.89. The van der Waals surface area contributed by atoms with Crippen LogP contribution in [-0.4, -0.2) is 17.1 Å². The Hall–Kier alpha value is -1.08. The molecule has 0 fully saturated rings. The van der Waals surface area contributed by atoms with E-state index in [9.17, 15) is 0 Å². The topological polar surface area (TPSA) is 37.9 Å². The molecule has 3 rings (SSSR count). The summed E-state index contributed by atoms with van der Waals surface area (Å²) in [6.45, 7) is 0. The van der Waals surface area contributed by atoms with E-state index in [1.54, 1.807) is 7.11 Å². The lowest BCUT2D eigenvalue weighted by Gasteiger charge is -2.07. The number of imidazole rings is 1. The maximum atomic E-state index is 5.29. The first-order valence-electron chi connectivity index (χ1n) is 5.67. The molecule has 0 spiro atoms. The van der Waals surface area contributed by atoms with E-state index in [4.69, 9.17) is 4.74 Å². The van der Waals surface area contributed by atoms with Crippen LogP contribution in [0.2, 0.25) is 0 Å². The molecule has 0 aliphatic heterocycles. The highest BCUT2D eigenvalue weighted by molar-refractivity contribution is 14.1. The Morgan fingerprint density at radius 2 is 2.05 bits per heavy atom. The van der Waals surface area contributed by atoms with Gasteiger partial charge in [-0.1, -0.05) is 12.1 Å². The molecule has 0 amide bonds. The van der Waals surface area contributed by atoms with Gasteiger partial charge in [-0.2, -0.15) is 0 Å². The molecule has 96 valence electrons. The molecule has 1 N–H and O–H groups in total. The van der Waals surface area contributed by atoms with Gasteiger partial charge in [-0.3, -0.25) is 0 Å². The Kier molecular flexibility index (Phi) is 3.49. The summed E-state index contributed by atoms with van der Waals surface area (Å²) >= 11 is 5.81. The minimum absolute atomic E-state index is 0.823.